The molecule has 1 fully saturated rings. The Balaban J connectivity index is 1.87. The maximum absolute atomic E-state index is 5.70. The largest absolute Gasteiger partial charge is 0.296 e. The lowest BCUT2D eigenvalue weighted by molar-refractivity contribution is 0.0242. The summed E-state index contributed by atoms with van der Waals surface area (Å²) < 4.78 is 0. The molecule has 2 nitrogen and oxygen atoms in total. The maximum Gasteiger partial charge on any atom is 0.107 e. The Labute approximate surface area is 93.9 Å². The van der Waals surface area contributed by atoms with Gasteiger partial charge in [-0.3, -0.25) is 4.90 Å². The van der Waals surface area contributed by atoms with Gasteiger partial charge in [-0.15, -0.1) is 22.9 Å². The summed E-state index contributed by atoms with van der Waals surface area (Å²) in [5.41, 5.74) is 1.51. The van der Waals surface area contributed by atoms with E-state index in [4.69, 9.17) is 11.6 Å². The molecule has 0 N–H and O–H groups in total. The van der Waals surface area contributed by atoms with Crippen molar-refractivity contribution >= 4 is 22.9 Å². The van der Waals surface area contributed by atoms with Gasteiger partial charge in [0.05, 0.1) is 18.1 Å². The van der Waals surface area contributed by atoms with Crippen LogP contribution in [0.15, 0.2) is 5.38 Å². The third-order valence-electron chi connectivity index (χ3n) is 2.40. The van der Waals surface area contributed by atoms with E-state index in [1.807, 2.05) is 5.38 Å². The molecule has 14 heavy (non-hydrogen) atoms. The summed E-state index contributed by atoms with van der Waals surface area (Å²) in [6.07, 6.45) is 0. The third-order valence-corrected chi connectivity index (χ3v) is 3.55. The third kappa shape index (κ3) is 2.27. The standard InChI is InChI=1S/C10H15ClN2S/c1-10(2)6-13(7-10)4-9-12-8(3-11)5-14-9/h5H,3-4,6-7H2,1-2H3. The second kappa shape index (κ2) is 3.80. The van der Waals surface area contributed by atoms with Crippen molar-refractivity contribution in [2.24, 2.45) is 5.41 Å². The Hall–Kier alpha value is -0.120. The first-order valence-corrected chi connectivity index (χ1v) is 6.22. The minimum absolute atomic E-state index is 0.507. The van der Waals surface area contributed by atoms with Crippen molar-refractivity contribution in [1.82, 2.24) is 9.88 Å². The molecule has 2 heterocycles. The molecule has 0 spiro atoms. The van der Waals surface area contributed by atoms with Crippen LogP contribution >= 0.6 is 22.9 Å². The molecule has 78 valence electrons. The monoisotopic (exact) mass is 230 g/mol. The molecule has 1 aliphatic heterocycles. The summed E-state index contributed by atoms with van der Waals surface area (Å²) in [6.45, 7) is 7.96. The number of hydrogen-bond acceptors (Lipinski definition) is 3. The maximum atomic E-state index is 5.70. The van der Waals surface area contributed by atoms with Crippen LogP contribution < -0.4 is 0 Å². The average molecular weight is 231 g/mol. The molecule has 1 aromatic rings. The van der Waals surface area contributed by atoms with Gasteiger partial charge >= 0.3 is 0 Å². The quantitative estimate of drug-likeness (QED) is 0.743. The van der Waals surface area contributed by atoms with Crippen LogP contribution in [0.5, 0.6) is 0 Å². The SMILES string of the molecule is CC1(C)CN(Cc2nc(CCl)cs2)C1. The van der Waals surface area contributed by atoms with Crippen LogP contribution in [-0.4, -0.2) is 23.0 Å². The lowest BCUT2D eigenvalue weighted by atomic mass is 9.84. The Bertz CT molecular complexity index is 314. The molecule has 0 bridgehead atoms. The summed E-state index contributed by atoms with van der Waals surface area (Å²) in [7, 11) is 0. The van der Waals surface area contributed by atoms with Crippen LogP contribution in [0, 0.1) is 5.41 Å². The fraction of sp³-hybridized carbons (Fsp3) is 0.700. The average Bonchev–Trinajstić information content (AvgIpc) is 2.49. The highest BCUT2D eigenvalue weighted by atomic mass is 35.5. The van der Waals surface area contributed by atoms with E-state index in [9.17, 15) is 0 Å². The Kier molecular flexibility index (Phi) is 2.82. The zero-order valence-corrected chi connectivity index (χ0v) is 10.2. The first kappa shape index (κ1) is 10.4. The first-order chi connectivity index (χ1) is 6.59. The van der Waals surface area contributed by atoms with E-state index in [1.165, 1.54) is 18.1 Å². The topological polar surface area (TPSA) is 16.1 Å². The van der Waals surface area contributed by atoms with Gasteiger partial charge in [-0.1, -0.05) is 13.8 Å². The lowest BCUT2D eigenvalue weighted by Gasteiger charge is -2.45. The summed E-state index contributed by atoms with van der Waals surface area (Å²) in [6, 6.07) is 0. The lowest BCUT2D eigenvalue weighted by Crippen LogP contribution is -2.52. The molecule has 1 aliphatic rings. The minimum Gasteiger partial charge on any atom is -0.296 e. The number of likely N-dealkylation sites (tertiary alicyclic amines) is 1. The number of hydrogen-bond donors (Lipinski definition) is 0. The number of aromatic nitrogens is 1. The minimum atomic E-state index is 0.507. The van der Waals surface area contributed by atoms with Crippen LogP contribution in [0.2, 0.25) is 0 Å². The summed E-state index contributed by atoms with van der Waals surface area (Å²) in [5, 5.41) is 3.24. The van der Waals surface area contributed by atoms with E-state index < -0.39 is 0 Å². The van der Waals surface area contributed by atoms with Crippen molar-refractivity contribution in [2.75, 3.05) is 13.1 Å². The number of thiazole rings is 1. The molecule has 0 unspecified atom stereocenters. The van der Waals surface area contributed by atoms with Crippen molar-refractivity contribution in [1.29, 1.82) is 0 Å². The Morgan fingerprint density at radius 3 is 2.79 bits per heavy atom. The zero-order valence-electron chi connectivity index (χ0n) is 8.59. The van der Waals surface area contributed by atoms with E-state index >= 15 is 0 Å². The van der Waals surface area contributed by atoms with Gasteiger partial charge in [0.15, 0.2) is 0 Å². The van der Waals surface area contributed by atoms with Gasteiger partial charge in [0.25, 0.3) is 0 Å². The van der Waals surface area contributed by atoms with E-state index in [-0.39, 0.29) is 0 Å². The van der Waals surface area contributed by atoms with Crippen LogP contribution in [-0.2, 0) is 12.4 Å². The normalized spacial score (nSPS) is 20.8. The molecule has 0 amide bonds. The molecule has 0 aliphatic carbocycles. The van der Waals surface area contributed by atoms with Crippen LogP contribution in [0.3, 0.4) is 0 Å². The van der Waals surface area contributed by atoms with Gasteiger partial charge in [0.1, 0.15) is 5.01 Å². The van der Waals surface area contributed by atoms with Gasteiger partial charge in [-0.25, -0.2) is 4.98 Å². The summed E-state index contributed by atoms with van der Waals surface area (Å²) in [4.78, 5) is 6.87. The second-order valence-electron chi connectivity index (χ2n) is 4.68. The molecular weight excluding hydrogens is 216 g/mol. The predicted octanol–water partition coefficient (Wildman–Crippen LogP) is 2.72. The van der Waals surface area contributed by atoms with Crippen molar-refractivity contribution in [3.63, 3.8) is 0 Å². The highest BCUT2D eigenvalue weighted by molar-refractivity contribution is 7.09. The highest BCUT2D eigenvalue weighted by Gasteiger charge is 2.34. The number of nitrogens with zero attached hydrogens (tertiary/aromatic N) is 2. The molecule has 0 saturated carbocycles. The van der Waals surface area contributed by atoms with Crippen LogP contribution in [0.1, 0.15) is 24.5 Å². The molecule has 1 saturated heterocycles. The first-order valence-electron chi connectivity index (χ1n) is 4.81. The number of rotatable bonds is 3. The van der Waals surface area contributed by atoms with Gasteiger partial charge in [-0.05, 0) is 5.41 Å². The van der Waals surface area contributed by atoms with E-state index in [2.05, 4.69) is 23.7 Å². The van der Waals surface area contributed by atoms with E-state index in [1.54, 1.807) is 11.3 Å². The van der Waals surface area contributed by atoms with Crippen LogP contribution in [0.25, 0.3) is 0 Å². The Morgan fingerprint density at radius 2 is 2.29 bits per heavy atom. The molecule has 0 aromatic carbocycles. The number of alkyl halides is 1. The van der Waals surface area contributed by atoms with Gasteiger partial charge < -0.3 is 0 Å². The Morgan fingerprint density at radius 1 is 1.57 bits per heavy atom. The van der Waals surface area contributed by atoms with Crippen molar-refractivity contribution in [3.05, 3.63) is 16.1 Å². The van der Waals surface area contributed by atoms with E-state index in [0.29, 0.717) is 11.3 Å². The van der Waals surface area contributed by atoms with E-state index in [0.717, 1.165) is 12.2 Å². The molecule has 0 radical (unpaired) electrons. The second-order valence-corrected chi connectivity index (χ2v) is 5.89. The van der Waals surface area contributed by atoms with Crippen molar-refractivity contribution in [3.8, 4) is 0 Å². The summed E-state index contributed by atoms with van der Waals surface area (Å²) in [5.74, 6) is 0.530. The fourth-order valence-corrected chi connectivity index (χ4v) is 3.01. The van der Waals surface area contributed by atoms with Gasteiger partial charge in [0, 0.05) is 18.5 Å². The summed E-state index contributed by atoms with van der Waals surface area (Å²) >= 11 is 7.42. The molecule has 0 atom stereocenters. The smallest absolute Gasteiger partial charge is 0.107 e. The number of halogens is 1. The van der Waals surface area contributed by atoms with Gasteiger partial charge in [0.2, 0.25) is 0 Å². The predicted molar refractivity (Wildman–Crippen MR) is 60.7 cm³/mol. The molecular formula is C10H15ClN2S. The van der Waals surface area contributed by atoms with Crippen molar-refractivity contribution in [2.45, 2.75) is 26.3 Å². The fourth-order valence-electron chi connectivity index (χ4n) is 1.95. The van der Waals surface area contributed by atoms with Crippen LogP contribution in [0.4, 0.5) is 0 Å². The zero-order chi connectivity index (χ0) is 10.2. The molecule has 4 heteroatoms. The highest BCUT2D eigenvalue weighted by Crippen LogP contribution is 2.30. The van der Waals surface area contributed by atoms with Crippen molar-refractivity contribution < 1.29 is 0 Å². The molecule has 2 rings (SSSR count). The van der Waals surface area contributed by atoms with Gasteiger partial charge in [-0.2, -0.15) is 0 Å². The molecule has 1 aromatic heterocycles.